The van der Waals surface area contributed by atoms with E-state index >= 15 is 0 Å². The van der Waals surface area contributed by atoms with Crippen molar-refractivity contribution in [3.8, 4) is 0 Å². The first-order valence-electron chi connectivity index (χ1n) is 4.64. The molecule has 0 saturated heterocycles. The summed E-state index contributed by atoms with van der Waals surface area (Å²) in [4.78, 5) is 0. The fourth-order valence-corrected chi connectivity index (χ4v) is 1.35. The molecule has 0 fully saturated rings. The molecule has 1 atom stereocenters. The number of nitrogens with two attached hydrogens (primary N) is 1. The Morgan fingerprint density at radius 3 is 3.00 bits per heavy atom. The van der Waals surface area contributed by atoms with Gasteiger partial charge in [-0.1, -0.05) is 24.3 Å². The van der Waals surface area contributed by atoms with Crippen LogP contribution < -0.4 is 5.73 Å². The molecule has 72 valence electrons. The predicted molar refractivity (Wildman–Crippen MR) is 58.8 cm³/mol. The van der Waals surface area contributed by atoms with Gasteiger partial charge in [-0.05, 0) is 19.1 Å². The SMILES string of the molecule is CC(N)/C=C/c1[nH]nc2ccccc12. The van der Waals surface area contributed by atoms with Gasteiger partial charge < -0.3 is 5.73 Å². The summed E-state index contributed by atoms with van der Waals surface area (Å²) in [7, 11) is 0. The molecular formula is C11H13N3. The largest absolute Gasteiger partial charge is 0.325 e. The van der Waals surface area contributed by atoms with Crippen molar-refractivity contribution in [3.63, 3.8) is 0 Å². The van der Waals surface area contributed by atoms with Crippen LogP contribution in [-0.4, -0.2) is 16.2 Å². The quantitative estimate of drug-likeness (QED) is 0.754. The first-order chi connectivity index (χ1) is 6.77. The maximum Gasteiger partial charge on any atom is 0.0927 e. The second-order valence-corrected chi connectivity index (χ2v) is 3.37. The molecule has 3 heteroatoms. The van der Waals surface area contributed by atoms with Crippen molar-refractivity contribution in [1.82, 2.24) is 10.2 Å². The van der Waals surface area contributed by atoms with Crippen LogP contribution in [0.1, 0.15) is 12.6 Å². The number of para-hydroxylation sites is 1. The van der Waals surface area contributed by atoms with Crippen molar-refractivity contribution in [2.24, 2.45) is 5.73 Å². The number of fused-ring (bicyclic) bond motifs is 1. The first-order valence-corrected chi connectivity index (χ1v) is 4.64. The van der Waals surface area contributed by atoms with Crippen molar-refractivity contribution in [2.75, 3.05) is 0 Å². The van der Waals surface area contributed by atoms with Crippen molar-refractivity contribution < 1.29 is 0 Å². The van der Waals surface area contributed by atoms with Crippen LogP contribution in [0.15, 0.2) is 30.3 Å². The number of aromatic nitrogens is 2. The van der Waals surface area contributed by atoms with Crippen LogP contribution in [0.3, 0.4) is 0 Å². The van der Waals surface area contributed by atoms with Gasteiger partial charge in [-0.15, -0.1) is 0 Å². The molecule has 1 unspecified atom stereocenters. The summed E-state index contributed by atoms with van der Waals surface area (Å²) in [6.07, 6.45) is 3.92. The van der Waals surface area contributed by atoms with Crippen LogP contribution in [0.4, 0.5) is 0 Å². The predicted octanol–water partition coefficient (Wildman–Crippen LogP) is 1.92. The number of hydrogen-bond acceptors (Lipinski definition) is 2. The minimum absolute atomic E-state index is 0.0667. The molecule has 3 nitrogen and oxygen atoms in total. The standard InChI is InChI=1S/C11H13N3/c1-8(12)6-7-11-9-4-2-3-5-10(9)13-14-11/h2-8H,12H2,1H3,(H,13,14)/b7-6+. The zero-order valence-electron chi connectivity index (χ0n) is 8.07. The normalized spacial score (nSPS) is 13.9. The minimum atomic E-state index is 0.0667. The highest BCUT2D eigenvalue weighted by atomic mass is 15.1. The summed E-state index contributed by atoms with van der Waals surface area (Å²) in [6, 6.07) is 8.06. The molecule has 3 N–H and O–H groups in total. The molecule has 2 rings (SSSR count). The number of rotatable bonds is 2. The Morgan fingerprint density at radius 1 is 1.43 bits per heavy atom. The van der Waals surface area contributed by atoms with Crippen molar-refractivity contribution in [1.29, 1.82) is 0 Å². The summed E-state index contributed by atoms with van der Waals surface area (Å²) in [6.45, 7) is 1.94. The highest BCUT2D eigenvalue weighted by molar-refractivity contribution is 5.86. The molecule has 0 saturated carbocycles. The molecule has 0 aliphatic carbocycles. The Hall–Kier alpha value is -1.61. The highest BCUT2D eigenvalue weighted by Gasteiger charge is 1.99. The van der Waals surface area contributed by atoms with Crippen LogP contribution in [0.5, 0.6) is 0 Å². The van der Waals surface area contributed by atoms with Gasteiger partial charge in [0.05, 0.1) is 11.2 Å². The van der Waals surface area contributed by atoms with Gasteiger partial charge in [0.2, 0.25) is 0 Å². The molecule has 14 heavy (non-hydrogen) atoms. The third-order valence-corrected chi connectivity index (χ3v) is 2.06. The highest BCUT2D eigenvalue weighted by Crippen LogP contribution is 2.15. The smallest absolute Gasteiger partial charge is 0.0927 e. The van der Waals surface area contributed by atoms with Gasteiger partial charge in [-0.3, -0.25) is 5.10 Å². The monoisotopic (exact) mass is 187 g/mol. The fourth-order valence-electron chi connectivity index (χ4n) is 1.35. The van der Waals surface area contributed by atoms with Gasteiger partial charge in [0, 0.05) is 11.4 Å². The molecule has 0 aliphatic rings. The molecule has 1 aromatic carbocycles. The van der Waals surface area contributed by atoms with Gasteiger partial charge >= 0.3 is 0 Å². The van der Waals surface area contributed by atoms with E-state index in [1.807, 2.05) is 43.3 Å². The number of hydrogen-bond donors (Lipinski definition) is 2. The third kappa shape index (κ3) is 1.67. The van der Waals surface area contributed by atoms with E-state index in [0.717, 1.165) is 16.6 Å². The lowest BCUT2D eigenvalue weighted by Crippen LogP contribution is -2.09. The van der Waals surface area contributed by atoms with E-state index in [9.17, 15) is 0 Å². The number of nitrogens with one attached hydrogen (secondary N) is 1. The van der Waals surface area contributed by atoms with Crippen LogP contribution >= 0.6 is 0 Å². The Labute approximate surface area is 82.6 Å². The molecule has 0 aliphatic heterocycles. The average molecular weight is 187 g/mol. The summed E-state index contributed by atoms with van der Waals surface area (Å²) in [5.41, 5.74) is 7.63. The zero-order valence-corrected chi connectivity index (χ0v) is 8.07. The summed E-state index contributed by atoms with van der Waals surface area (Å²) in [5.74, 6) is 0. The number of aromatic amines is 1. The molecule has 0 amide bonds. The van der Waals surface area contributed by atoms with Gasteiger partial charge in [0.1, 0.15) is 0 Å². The molecule has 2 aromatic rings. The van der Waals surface area contributed by atoms with Gasteiger partial charge in [0.25, 0.3) is 0 Å². The molecule has 1 aromatic heterocycles. The van der Waals surface area contributed by atoms with Crippen LogP contribution in [0.2, 0.25) is 0 Å². The van der Waals surface area contributed by atoms with Crippen molar-refractivity contribution in [2.45, 2.75) is 13.0 Å². The topological polar surface area (TPSA) is 54.7 Å². The Kier molecular flexibility index (Phi) is 2.33. The van der Waals surface area contributed by atoms with Gasteiger partial charge in [0.15, 0.2) is 0 Å². The van der Waals surface area contributed by atoms with E-state index < -0.39 is 0 Å². The van der Waals surface area contributed by atoms with Gasteiger partial charge in [-0.2, -0.15) is 5.10 Å². The van der Waals surface area contributed by atoms with E-state index in [-0.39, 0.29) is 6.04 Å². The van der Waals surface area contributed by atoms with Crippen LogP contribution in [0, 0.1) is 0 Å². The second-order valence-electron chi connectivity index (χ2n) is 3.37. The summed E-state index contributed by atoms with van der Waals surface area (Å²) >= 11 is 0. The third-order valence-electron chi connectivity index (χ3n) is 2.06. The lowest BCUT2D eigenvalue weighted by atomic mass is 10.2. The van der Waals surface area contributed by atoms with E-state index in [0.29, 0.717) is 0 Å². The van der Waals surface area contributed by atoms with E-state index in [4.69, 9.17) is 5.73 Å². The maximum atomic E-state index is 5.63. The van der Waals surface area contributed by atoms with E-state index in [1.165, 1.54) is 0 Å². The molecule has 0 spiro atoms. The molecule has 0 radical (unpaired) electrons. The van der Waals surface area contributed by atoms with Crippen molar-refractivity contribution in [3.05, 3.63) is 36.0 Å². The summed E-state index contributed by atoms with van der Waals surface area (Å²) < 4.78 is 0. The maximum absolute atomic E-state index is 5.63. The molecule has 0 bridgehead atoms. The lowest BCUT2D eigenvalue weighted by Gasteiger charge is -1.93. The zero-order chi connectivity index (χ0) is 9.97. The van der Waals surface area contributed by atoms with Crippen molar-refractivity contribution >= 4 is 17.0 Å². The van der Waals surface area contributed by atoms with Crippen LogP contribution in [-0.2, 0) is 0 Å². The lowest BCUT2D eigenvalue weighted by molar-refractivity contribution is 0.930. The second kappa shape index (κ2) is 3.64. The Morgan fingerprint density at radius 2 is 2.21 bits per heavy atom. The number of benzene rings is 1. The number of nitrogens with zero attached hydrogens (tertiary/aromatic N) is 1. The molecule has 1 heterocycles. The minimum Gasteiger partial charge on any atom is -0.325 e. The van der Waals surface area contributed by atoms with E-state index in [2.05, 4.69) is 10.2 Å². The van der Waals surface area contributed by atoms with Crippen LogP contribution in [0.25, 0.3) is 17.0 Å². The average Bonchev–Trinajstić information content (AvgIpc) is 2.58. The van der Waals surface area contributed by atoms with E-state index in [1.54, 1.807) is 0 Å². The fraction of sp³-hybridized carbons (Fsp3) is 0.182. The number of H-pyrrole nitrogens is 1. The molecular weight excluding hydrogens is 174 g/mol. The Bertz CT molecular complexity index is 454. The summed E-state index contributed by atoms with van der Waals surface area (Å²) in [5, 5.41) is 8.29. The Balaban J connectivity index is 2.43. The first kappa shape index (κ1) is 8.97. The van der Waals surface area contributed by atoms with Gasteiger partial charge in [-0.25, -0.2) is 0 Å².